The smallest absolute Gasteiger partial charge is 0.387 e. The molecule has 0 spiro atoms. The summed E-state index contributed by atoms with van der Waals surface area (Å²) in [6.07, 6.45) is 0. The minimum atomic E-state index is -3.01. The van der Waals surface area contributed by atoms with E-state index in [0.29, 0.717) is 0 Å². The highest BCUT2D eigenvalue weighted by molar-refractivity contribution is 5.96. The summed E-state index contributed by atoms with van der Waals surface area (Å²) in [6, 6.07) is 11.2. The summed E-state index contributed by atoms with van der Waals surface area (Å²) in [4.78, 5) is 23.9. The van der Waals surface area contributed by atoms with Crippen molar-refractivity contribution in [2.45, 2.75) is 20.1 Å². The zero-order valence-electron chi connectivity index (χ0n) is 14.8. The highest BCUT2D eigenvalue weighted by Gasteiger charge is 2.15. The predicted molar refractivity (Wildman–Crippen MR) is 92.9 cm³/mol. The van der Waals surface area contributed by atoms with Crippen LogP contribution >= 0.6 is 0 Å². The lowest BCUT2D eigenvalue weighted by atomic mass is 10.2. The first-order valence-corrected chi connectivity index (χ1v) is 8.01. The van der Waals surface area contributed by atoms with Gasteiger partial charge in [0.05, 0.1) is 7.11 Å². The second kappa shape index (κ2) is 9.51. The lowest BCUT2D eigenvalue weighted by molar-refractivity contribution is -0.143. The van der Waals surface area contributed by atoms with Gasteiger partial charge < -0.3 is 19.5 Å². The second-order valence-electron chi connectivity index (χ2n) is 5.57. The van der Waals surface area contributed by atoms with E-state index in [9.17, 15) is 18.4 Å². The molecule has 2 aromatic carbocycles. The Hall–Kier alpha value is -3.16. The van der Waals surface area contributed by atoms with Crippen molar-refractivity contribution >= 4 is 11.9 Å². The van der Waals surface area contributed by atoms with Gasteiger partial charge in [0, 0.05) is 5.56 Å². The number of hydrogen-bond acceptors (Lipinski definition) is 5. The molecule has 2 rings (SSSR count). The van der Waals surface area contributed by atoms with E-state index in [1.165, 1.54) is 25.3 Å². The summed E-state index contributed by atoms with van der Waals surface area (Å²) in [6.45, 7) is -1.29. The van der Waals surface area contributed by atoms with Crippen molar-refractivity contribution in [2.24, 2.45) is 0 Å². The lowest BCUT2D eigenvalue weighted by Crippen LogP contribution is -2.30. The van der Waals surface area contributed by atoms with Crippen LogP contribution in [0.2, 0.25) is 0 Å². The zero-order valence-corrected chi connectivity index (χ0v) is 14.8. The summed E-state index contributed by atoms with van der Waals surface area (Å²) < 4.78 is 38.9. The van der Waals surface area contributed by atoms with Gasteiger partial charge in [-0.1, -0.05) is 29.8 Å². The maximum Gasteiger partial charge on any atom is 0.387 e. The summed E-state index contributed by atoms with van der Waals surface area (Å²) in [7, 11) is 1.26. The van der Waals surface area contributed by atoms with Crippen molar-refractivity contribution in [1.82, 2.24) is 5.32 Å². The van der Waals surface area contributed by atoms with Crippen LogP contribution in [-0.4, -0.2) is 32.1 Å². The van der Waals surface area contributed by atoms with Crippen molar-refractivity contribution in [3.8, 4) is 11.5 Å². The number of esters is 1. The molecule has 27 heavy (non-hydrogen) atoms. The van der Waals surface area contributed by atoms with Gasteiger partial charge in [0.2, 0.25) is 0 Å². The van der Waals surface area contributed by atoms with Crippen molar-refractivity contribution in [3.63, 3.8) is 0 Å². The van der Waals surface area contributed by atoms with E-state index in [4.69, 9.17) is 9.47 Å². The summed E-state index contributed by atoms with van der Waals surface area (Å²) in [5.74, 6) is -1.40. The van der Waals surface area contributed by atoms with Gasteiger partial charge in [0.25, 0.3) is 5.91 Å². The van der Waals surface area contributed by atoms with Gasteiger partial charge in [-0.05, 0) is 30.7 Å². The number of carbonyl (C=O) groups is 2. The van der Waals surface area contributed by atoms with Gasteiger partial charge in [-0.2, -0.15) is 8.78 Å². The van der Waals surface area contributed by atoms with E-state index in [-0.39, 0.29) is 30.2 Å². The minimum Gasteiger partial charge on any atom is -0.493 e. The first-order valence-electron chi connectivity index (χ1n) is 8.01. The van der Waals surface area contributed by atoms with Crippen LogP contribution in [0.5, 0.6) is 11.5 Å². The number of ether oxygens (including phenoxy) is 3. The van der Waals surface area contributed by atoms with E-state index in [1.807, 2.05) is 31.2 Å². The summed E-state index contributed by atoms with van der Waals surface area (Å²) >= 11 is 0. The molecular formula is C19H19F2NO5. The molecule has 0 fully saturated rings. The monoisotopic (exact) mass is 379 g/mol. The average molecular weight is 379 g/mol. The molecule has 0 saturated carbocycles. The fourth-order valence-corrected chi connectivity index (χ4v) is 2.16. The molecule has 0 aliphatic carbocycles. The Balaban J connectivity index is 1.87. The third kappa shape index (κ3) is 6.25. The number of hydrogen-bond donors (Lipinski definition) is 1. The molecule has 0 unspecified atom stereocenters. The molecule has 8 heteroatoms. The topological polar surface area (TPSA) is 73.9 Å². The highest BCUT2D eigenvalue weighted by Crippen LogP contribution is 2.29. The number of benzene rings is 2. The number of rotatable bonds is 8. The molecule has 6 nitrogen and oxygen atoms in total. The van der Waals surface area contributed by atoms with E-state index in [1.54, 1.807) is 0 Å². The lowest BCUT2D eigenvalue weighted by Gasteiger charge is -2.11. The van der Waals surface area contributed by atoms with Crippen LogP contribution in [0, 0.1) is 6.92 Å². The Kier molecular flexibility index (Phi) is 7.10. The Morgan fingerprint density at radius 3 is 2.41 bits per heavy atom. The van der Waals surface area contributed by atoms with Crippen molar-refractivity contribution in [3.05, 3.63) is 59.2 Å². The maximum atomic E-state index is 12.3. The maximum absolute atomic E-state index is 12.3. The van der Waals surface area contributed by atoms with Crippen LogP contribution in [0.4, 0.5) is 8.78 Å². The largest absolute Gasteiger partial charge is 0.493 e. The Bertz CT molecular complexity index is 793. The SMILES string of the molecule is COc1cc(C(=O)NCC(=O)OCc2ccc(C)cc2)ccc1OC(F)F. The second-order valence-corrected chi connectivity index (χ2v) is 5.57. The quantitative estimate of drug-likeness (QED) is 0.714. The van der Waals surface area contributed by atoms with Gasteiger partial charge in [0.1, 0.15) is 13.2 Å². The van der Waals surface area contributed by atoms with Crippen molar-refractivity contribution < 1.29 is 32.6 Å². The van der Waals surface area contributed by atoms with E-state index >= 15 is 0 Å². The van der Waals surface area contributed by atoms with Gasteiger partial charge >= 0.3 is 12.6 Å². The average Bonchev–Trinajstić information content (AvgIpc) is 2.65. The van der Waals surface area contributed by atoms with Gasteiger partial charge in [0.15, 0.2) is 11.5 Å². The normalized spacial score (nSPS) is 10.4. The molecule has 0 heterocycles. The third-order valence-electron chi connectivity index (χ3n) is 3.56. The first-order chi connectivity index (χ1) is 12.9. The molecule has 0 aliphatic rings. The first kappa shape index (κ1) is 20.2. The predicted octanol–water partition coefficient (Wildman–Crippen LogP) is 3.08. The molecule has 1 N–H and O–H groups in total. The number of methoxy groups -OCH3 is 1. The van der Waals surface area contributed by atoms with Gasteiger partial charge in [-0.25, -0.2) is 0 Å². The summed E-state index contributed by atoms with van der Waals surface area (Å²) in [5.41, 5.74) is 2.05. The number of aryl methyl sites for hydroxylation is 1. The van der Waals surface area contributed by atoms with Crippen LogP contribution in [0.25, 0.3) is 0 Å². The molecule has 0 atom stereocenters. The van der Waals surface area contributed by atoms with Gasteiger partial charge in [-0.15, -0.1) is 0 Å². The number of nitrogens with one attached hydrogen (secondary N) is 1. The fraction of sp³-hybridized carbons (Fsp3) is 0.263. The van der Waals surface area contributed by atoms with Crippen molar-refractivity contribution in [2.75, 3.05) is 13.7 Å². The van der Waals surface area contributed by atoms with Crippen LogP contribution < -0.4 is 14.8 Å². The molecule has 0 aliphatic heterocycles. The fourth-order valence-electron chi connectivity index (χ4n) is 2.16. The number of carbonyl (C=O) groups excluding carboxylic acids is 2. The molecule has 0 bridgehead atoms. The van der Waals surface area contributed by atoms with Crippen molar-refractivity contribution in [1.29, 1.82) is 0 Å². The molecule has 144 valence electrons. The molecule has 2 aromatic rings. The zero-order chi connectivity index (χ0) is 19.8. The van der Waals surface area contributed by atoms with Gasteiger partial charge in [-0.3, -0.25) is 9.59 Å². The van der Waals surface area contributed by atoms with Crippen LogP contribution in [0.15, 0.2) is 42.5 Å². The number of amides is 1. The Morgan fingerprint density at radius 2 is 1.78 bits per heavy atom. The van der Waals surface area contributed by atoms with Crippen LogP contribution in [0.1, 0.15) is 21.5 Å². The Morgan fingerprint density at radius 1 is 1.07 bits per heavy atom. The summed E-state index contributed by atoms with van der Waals surface area (Å²) in [5, 5.41) is 2.40. The van der Waals surface area contributed by atoms with Crippen LogP contribution in [0.3, 0.4) is 0 Å². The molecule has 0 saturated heterocycles. The number of halogens is 2. The Labute approximate surface area is 155 Å². The highest BCUT2D eigenvalue weighted by atomic mass is 19.3. The molecular weight excluding hydrogens is 360 g/mol. The third-order valence-corrected chi connectivity index (χ3v) is 3.56. The molecule has 0 aromatic heterocycles. The number of alkyl halides is 2. The van der Waals surface area contributed by atoms with Crippen LogP contribution in [-0.2, 0) is 16.1 Å². The van der Waals surface area contributed by atoms with E-state index < -0.39 is 18.5 Å². The van der Waals surface area contributed by atoms with E-state index in [0.717, 1.165) is 11.1 Å². The van der Waals surface area contributed by atoms with E-state index in [2.05, 4.69) is 10.1 Å². The molecule has 1 amide bonds. The minimum absolute atomic E-state index is 0.0232. The standard InChI is InChI=1S/C19H19F2NO5/c1-12-3-5-13(6-4-12)11-26-17(23)10-22-18(24)14-7-8-15(27-19(20)21)16(9-14)25-2/h3-9,19H,10-11H2,1-2H3,(H,22,24). The molecule has 0 radical (unpaired) electrons.